The van der Waals surface area contributed by atoms with Crippen LogP contribution in [0.1, 0.15) is 29.2 Å². The van der Waals surface area contributed by atoms with Crippen molar-refractivity contribution in [3.63, 3.8) is 0 Å². The molecule has 0 saturated carbocycles. The second-order valence-corrected chi connectivity index (χ2v) is 5.90. The summed E-state index contributed by atoms with van der Waals surface area (Å²) >= 11 is 0. The Kier molecular flexibility index (Phi) is 5.10. The van der Waals surface area contributed by atoms with E-state index in [2.05, 4.69) is 20.2 Å². The van der Waals surface area contributed by atoms with Crippen LogP contribution in [0.5, 0.6) is 0 Å². The predicted molar refractivity (Wildman–Crippen MR) is 86.8 cm³/mol. The number of fused-ring (bicyclic) bond motifs is 1. The van der Waals surface area contributed by atoms with Gasteiger partial charge in [-0.25, -0.2) is 9.50 Å². The maximum absolute atomic E-state index is 12.8. The van der Waals surface area contributed by atoms with Crippen molar-refractivity contribution < 1.29 is 22.7 Å². The highest BCUT2D eigenvalue weighted by Gasteiger charge is 2.36. The fourth-order valence-electron chi connectivity index (χ4n) is 2.68. The second-order valence-electron chi connectivity index (χ2n) is 5.90. The summed E-state index contributed by atoms with van der Waals surface area (Å²) in [5.74, 6) is -1.77. The van der Waals surface area contributed by atoms with Gasteiger partial charge in [-0.15, -0.1) is 5.10 Å². The number of aromatic nitrogens is 6. The summed E-state index contributed by atoms with van der Waals surface area (Å²) in [4.78, 5) is 19.4. The molecule has 3 aromatic heterocycles. The number of hydrogen-bond acceptors (Lipinski definition) is 6. The molecular weight excluding hydrogens is 365 g/mol. The average Bonchev–Trinajstić information content (AvgIpc) is 3.23. The van der Waals surface area contributed by atoms with Gasteiger partial charge in [0, 0.05) is 30.2 Å². The molecule has 0 aliphatic carbocycles. The quantitative estimate of drug-likeness (QED) is 0.607. The Labute approximate surface area is 152 Å². The van der Waals surface area contributed by atoms with Crippen LogP contribution in [0, 0.1) is 13.8 Å². The number of nitrogens with zero attached hydrogens (tertiary/aromatic N) is 6. The van der Waals surface area contributed by atoms with Crippen molar-refractivity contribution in [3.05, 3.63) is 41.2 Å². The van der Waals surface area contributed by atoms with Crippen molar-refractivity contribution in [2.24, 2.45) is 0 Å². The lowest BCUT2D eigenvalue weighted by Crippen LogP contribution is -2.13. The number of ether oxygens (including phenoxy) is 1. The van der Waals surface area contributed by atoms with Gasteiger partial charge in [0.15, 0.2) is 0 Å². The summed E-state index contributed by atoms with van der Waals surface area (Å²) < 4.78 is 46.2. The van der Waals surface area contributed by atoms with Crippen LogP contribution in [0.4, 0.5) is 13.2 Å². The standard InChI is InChI=1S/C16H17F3N6O2/c1-10-12(4-5-13(26)27-9-8-24-7-3-6-20-24)11(2)25-15(21-10)22-14(23-25)16(17,18)19/h3,6-7H,4-5,8-9H2,1-2H3. The number of hydrogen-bond donors (Lipinski definition) is 0. The summed E-state index contributed by atoms with van der Waals surface area (Å²) in [5, 5.41) is 7.48. The van der Waals surface area contributed by atoms with Gasteiger partial charge >= 0.3 is 12.1 Å². The molecule has 0 aromatic carbocycles. The van der Waals surface area contributed by atoms with Crippen LogP contribution in [0.2, 0.25) is 0 Å². The molecule has 0 radical (unpaired) electrons. The van der Waals surface area contributed by atoms with E-state index in [1.165, 1.54) is 0 Å². The Bertz CT molecular complexity index is 949. The zero-order valence-electron chi connectivity index (χ0n) is 14.7. The summed E-state index contributed by atoms with van der Waals surface area (Å²) in [6, 6.07) is 1.77. The summed E-state index contributed by atoms with van der Waals surface area (Å²) in [5.41, 5.74) is 1.61. The third-order valence-corrected chi connectivity index (χ3v) is 4.02. The summed E-state index contributed by atoms with van der Waals surface area (Å²) in [6.45, 7) is 3.92. The van der Waals surface area contributed by atoms with Gasteiger partial charge in [-0.3, -0.25) is 9.48 Å². The zero-order chi connectivity index (χ0) is 19.6. The number of rotatable bonds is 6. The van der Waals surface area contributed by atoms with Crippen LogP contribution < -0.4 is 0 Å². The molecule has 0 atom stereocenters. The van der Waals surface area contributed by atoms with E-state index < -0.39 is 18.0 Å². The Morgan fingerprint density at radius 1 is 1.26 bits per heavy atom. The van der Waals surface area contributed by atoms with Crippen LogP contribution in [0.15, 0.2) is 18.5 Å². The van der Waals surface area contributed by atoms with Gasteiger partial charge in [0.2, 0.25) is 0 Å². The minimum atomic E-state index is -4.65. The highest BCUT2D eigenvalue weighted by atomic mass is 19.4. The molecule has 0 amide bonds. The van der Waals surface area contributed by atoms with E-state index in [-0.39, 0.29) is 25.2 Å². The van der Waals surface area contributed by atoms with E-state index in [0.29, 0.717) is 23.5 Å². The van der Waals surface area contributed by atoms with E-state index in [1.807, 2.05) is 0 Å². The van der Waals surface area contributed by atoms with Crippen LogP contribution in [-0.2, 0) is 28.7 Å². The van der Waals surface area contributed by atoms with E-state index >= 15 is 0 Å². The van der Waals surface area contributed by atoms with Crippen LogP contribution in [-0.4, -0.2) is 41.9 Å². The molecule has 27 heavy (non-hydrogen) atoms. The highest BCUT2D eigenvalue weighted by molar-refractivity contribution is 5.69. The molecule has 11 heteroatoms. The number of esters is 1. The van der Waals surface area contributed by atoms with Crippen molar-refractivity contribution in [2.75, 3.05) is 6.61 Å². The third-order valence-electron chi connectivity index (χ3n) is 4.02. The first-order chi connectivity index (χ1) is 12.8. The van der Waals surface area contributed by atoms with Crippen LogP contribution in [0.25, 0.3) is 5.78 Å². The molecule has 0 N–H and O–H groups in total. The predicted octanol–water partition coefficient (Wildman–Crippen LogP) is 2.13. The molecule has 0 aliphatic heterocycles. The topological polar surface area (TPSA) is 87.2 Å². The fourth-order valence-corrected chi connectivity index (χ4v) is 2.68. The Morgan fingerprint density at radius 3 is 2.70 bits per heavy atom. The Balaban J connectivity index is 1.66. The molecule has 3 rings (SSSR count). The number of aryl methyl sites for hydroxylation is 2. The van der Waals surface area contributed by atoms with Crippen LogP contribution in [0.3, 0.4) is 0 Å². The minimum absolute atomic E-state index is 0.0782. The SMILES string of the molecule is Cc1nc2nc(C(F)(F)F)nn2c(C)c1CCC(=O)OCCn1cccn1. The summed E-state index contributed by atoms with van der Waals surface area (Å²) in [7, 11) is 0. The monoisotopic (exact) mass is 382 g/mol. The van der Waals surface area contributed by atoms with E-state index in [9.17, 15) is 18.0 Å². The first kappa shape index (κ1) is 18.8. The molecule has 8 nitrogen and oxygen atoms in total. The van der Waals surface area contributed by atoms with Gasteiger partial charge in [-0.1, -0.05) is 0 Å². The van der Waals surface area contributed by atoms with Crippen molar-refractivity contribution in [1.82, 2.24) is 29.4 Å². The molecule has 0 fully saturated rings. The lowest BCUT2D eigenvalue weighted by molar-refractivity contribution is -0.145. The van der Waals surface area contributed by atoms with Gasteiger partial charge in [0.25, 0.3) is 11.6 Å². The first-order valence-electron chi connectivity index (χ1n) is 8.19. The smallest absolute Gasteiger partial charge is 0.453 e. The minimum Gasteiger partial charge on any atom is -0.464 e. The maximum Gasteiger partial charge on any atom is 0.453 e. The Hall–Kier alpha value is -2.98. The van der Waals surface area contributed by atoms with E-state index in [4.69, 9.17) is 4.74 Å². The van der Waals surface area contributed by atoms with Gasteiger partial charge in [0.1, 0.15) is 6.61 Å². The van der Waals surface area contributed by atoms with Gasteiger partial charge in [-0.2, -0.15) is 23.3 Å². The van der Waals surface area contributed by atoms with Crippen molar-refractivity contribution in [3.8, 4) is 0 Å². The molecule has 3 aromatic rings. The molecular formula is C16H17F3N6O2. The van der Waals surface area contributed by atoms with Gasteiger partial charge in [0.05, 0.1) is 6.54 Å². The van der Waals surface area contributed by atoms with Crippen molar-refractivity contribution in [2.45, 2.75) is 39.4 Å². The van der Waals surface area contributed by atoms with E-state index in [0.717, 1.165) is 4.52 Å². The van der Waals surface area contributed by atoms with Gasteiger partial charge in [-0.05, 0) is 31.9 Å². The second kappa shape index (κ2) is 7.33. The molecule has 0 spiro atoms. The number of carbonyl (C=O) groups is 1. The molecule has 3 heterocycles. The first-order valence-corrected chi connectivity index (χ1v) is 8.19. The van der Waals surface area contributed by atoms with Crippen molar-refractivity contribution >= 4 is 11.7 Å². The van der Waals surface area contributed by atoms with Crippen LogP contribution >= 0.6 is 0 Å². The zero-order valence-corrected chi connectivity index (χ0v) is 14.7. The molecule has 0 bridgehead atoms. The largest absolute Gasteiger partial charge is 0.464 e. The van der Waals surface area contributed by atoms with E-state index in [1.54, 1.807) is 37.0 Å². The van der Waals surface area contributed by atoms with Gasteiger partial charge < -0.3 is 4.74 Å². The third kappa shape index (κ3) is 4.23. The average molecular weight is 382 g/mol. The lowest BCUT2D eigenvalue weighted by Gasteiger charge is -2.10. The number of carbonyl (C=O) groups excluding carboxylic acids is 1. The number of alkyl halides is 3. The normalized spacial score (nSPS) is 11.9. The Morgan fingerprint density at radius 2 is 2.04 bits per heavy atom. The summed E-state index contributed by atoms with van der Waals surface area (Å²) in [6.07, 6.45) is -0.899. The maximum atomic E-state index is 12.8. The highest BCUT2D eigenvalue weighted by Crippen LogP contribution is 2.27. The van der Waals surface area contributed by atoms with Crippen molar-refractivity contribution in [1.29, 1.82) is 0 Å². The molecule has 0 saturated heterocycles. The molecule has 0 unspecified atom stereocenters. The number of halogens is 3. The molecule has 144 valence electrons. The lowest BCUT2D eigenvalue weighted by atomic mass is 10.1. The molecule has 0 aliphatic rings. The fraction of sp³-hybridized carbons (Fsp3) is 0.438.